The van der Waals surface area contributed by atoms with E-state index in [0.29, 0.717) is 17.4 Å². The van der Waals surface area contributed by atoms with Gasteiger partial charge < -0.3 is 10.6 Å². The minimum atomic E-state index is -2.76. The second kappa shape index (κ2) is 6.85. The van der Waals surface area contributed by atoms with Gasteiger partial charge in [0.15, 0.2) is 0 Å². The number of hydrogen-bond acceptors (Lipinski definition) is 3. The Labute approximate surface area is 126 Å². The zero-order valence-electron chi connectivity index (χ0n) is 11.0. The van der Waals surface area contributed by atoms with E-state index in [1.165, 1.54) is 24.3 Å². The molecule has 0 aliphatic heterocycles. The summed E-state index contributed by atoms with van der Waals surface area (Å²) in [5.74, 6) is -1.64. The quantitative estimate of drug-likeness (QED) is 0.651. The van der Waals surface area contributed by atoms with E-state index < -0.39 is 28.6 Å². The van der Waals surface area contributed by atoms with E-state index in [1.54, 1.807) is 0 Å². The second-order valence-corrected chi connectivity index (χ2v) is 4.89. The van der Waals surface area contributed by atoms with Crippen molar-refractivity contribution in [3.05, 3.63) is 54.1 Å². The molecule has 0 unspecified atom stereocenters. The maximum Gasteiger partial charge on any atom is 0.323 e. The van der Waals surface area contributed by atoms with Gasteiger partial charge in [0, 0.05) is 17.4 Å². The zero-order valence-corrected chi connectivity index (χ0v) is 11.9. The largest absolute Gasteiger partial charge is 0.323 e. The molecule has 3 N–H and O–H groups in total. The van der Waals surface area contributed by atoms with Crippen LogP contribution in [0.15, 0.2) is 42.5 Å². The van der Waals surface area contributed by atoms with Crippen molar-refractivity contribution < 1.29 is 22.0 Å². The van der Waals surface area contributed by atoms with Gasteiger partial charge in [0.1, 0.15) is 11.6 Å². The summed E-state index contributed by atoms with van der Waals surface area (Å²) >= 11 is 0. The average molecular weight is 327 g/mol. The molecular weight excluding hydrogens is 316 g/mol. The van der Waals surface area contributed by atoms with Crippen LogP contribution in [0.25, 0.3) is 0 Å². The molecule has 2 aromatic carbocycles. The Bertz CT molecular complexity index is 756. The van der Waals surface area contributed by atoms with Crippen molar-refractivity contribution in [3.8, 4) is 0 Å². The Balaban J connectivity index is 1.99. The van der Waals surface area contributed by atoms with Crippen LogP contribution in [0.4, 0.5) is 30.6 Å². The molecule has 116 valence electrons. The van der Waals surface area contributed by atoms with Crippen LogP contribution in [-0.2, 0) is 10.9 Å². The van der Waals surface area contributed by atoms with Crippen molar-refractivity contribution in [1.82, 2.24) is 0 Å². The van der Waals surface area contributed by atoms with E-state index in [1.807, 2.05) is 0 Å². The molecule has 0 bridgehead atoms. The van der Waals surface area contributed by atoms with Crippen LogP contribution in [0.3, 0.4) is 0 Å². The number of thiol groups is 1. The molecule has 0 saturated heterocycles. The van der Waals surface area contributed by atoms with Crippen LogP contribution in [0.1, 0.15) is 0 Å². The minimum absolute atomic E-state index is 0.166. The van der Waals surface area contributed by atoms with Crippen molar-refractivity contribution in [1.29, 1.82) is 0 Å². The summed E-state index contributed by atoms with van der Waals surface area (Å²) in [6.07, 6.45) is 0. The lowest BCUT2D eigenvalue weighted by atomic mass is 10.3. The number of carbonyl (C=O) groups is 1. The van der Waals surface area contributed by atoms with E-state index in [-0.39, 0.29) is 5.69 Å². The maximum absolute atomic E-state index is 13.4. The third-order valence-corrected chi connectivity index (χ3v) is 2.98. The number of hydrogen-bond donors (Lipinski definition) is 4. The molecule has 9 heteroatoms. The summed E-state index contributed by atoms with van der Waals surface area (Å²) in [4.78, 5) is 11.7. The second-order valence-electron chi connectivity index (χ2n) is 4.15. The number of amides is 2. The molecular formula is C13H11F2N3O3S. The highest BCUT2D eigenvalue weighted by atomic mass is 32.2. The maximum atomic E-state index is 13.4. The molecule has 0 atom stereocenters. The van der Waals surface area contributed by atoms with Crippen molar-refractivity contribution in [3.63, 3.8) is 0 Å². The first kappa shape index (κ1) is 15.7. The van der Waals surface area contributed by atoms with Gasteiger partial charge in [-0.25, -0.2) is 22.0 Å². The van der Waals surface area contributed by atoms with Crippen LogP contribution < -0.4 is 15.4 Å². The Morgan fingerprint density at radius 2 is 1.55 bits per heavy atom. The Hall–Kier alpha value is -2.68. The molecule has 0 spiro atoms. The monoisotopic (exact) mass is 327 g/mol. The highest BCUT2D eigenvalue weighted by molar-refractivity contribution is 7.73. The van der Waals surface area contributed by atoms with Crippen molar-refractivity contribution in [2.75, 3.05) is 15.4 Å². The Kier molecular flexibility index (Phi) is 4.89. The molecule has 6 nitrogen and oxygen atoms in total. The van der Waals surface area contributed by atoms with Crippen LogP contribution in [-0.4, -0.2) is 14.4 Å². The molecule has 0 heterocycles. The van der Waals surface area contributed by atoms with Crippen molar-refractivity contribution in [2.45, 2.75) is 0 Å². The zero-order chi connectivity index (χ0) is 16.1. The molecule has 2 aromatic rings. The lowest BCUT2D eigenvalue weighted by Crippen LogP contribution is -2.20. The highest BCUT2D eigenvalue weighted by Crippen LogP contribution is 2.17. The number of urea groups is 1. The lowest BCUT2D eigenvalue weighted by Gasteiger charge is -2.09. The smallest absolute Gasteiger partial charge is 0.308 e. The number of halogens is 2. The van der Waals surface area contributed by atoms with Crippen LogP contribution in [0.2, 0.25) is 0 Å². The molecule has 0 aromatic heterocycles. The van der Waals surface area contributed by atoms with Gasteiger partial charge in [0.25, 0.3) is 0 Å². The molecule has 0 aliphatic carbocycles. The third kappa shape index (κ3) is 4.42. The van der Waals surface area contributed by atoms with E-state index in [9.17, 15) is 22.0 Å². The minimum Gasteiger partial charge on any atom is -0.308 e. The molecule has 2 amide bonds. The summed E-state index contributed by atoms with van der Waals surface area (Å²) in [5, 5.41) is 4.65. The predicted octanol–water partition coefficient (Wildman–Crippen LogP) is 2.55. The van der Waals surface area contributed by atoms with Gasteiger partial charge in [-0.2, -0.15) is 0 Å². The van der Waals surface area contributed by atoms with Gasteiger partial charge >= 0.3 is 6.03 Å². The lowest BCUT2D eigenvalue weighted by molar-refractivity contribution is 0.262. The SMILES string of the molecule is O=C(Nc1ccc(N[SH](=O)=O)cc1)Nc1ccc(F)cc1F. The van der Waals surface area contributed by atoms with Gasteiger partial charge in [-0.15, -0.1) is 0 Å². The van der Waals surface area contributed by atoms with Crippen molar-refractivity contribution in [2.24, 2.45) is 0 Å². The topological polar surface area (TPSA) is 87.3 Å². The predicted molar refractivity (Wildman–Crippen MR) is 79.4 cm³/mol. The van der Waals surface area contributed by atoms with Gasteiger partial charge in [-0.1, -0.05) is 0 Å². The van der Waals surface area contributed by atoms with E-state index in [4.69, 9.17) is 0 Å². The van der Waals surface area contributed by atoms with Crippen molar-refractivity contribution >= 4 is 34.0 Å². The van der Waals surface area contributed by atoms with Gasteiger partial charge in [-0.3, -0.25) is 4.72 Å². The first-order valence-corrected chi connectivity index (χ1v) is 7.16. The van der Waals surface area contributed by atoms with E-state index in [0.717, 1.165) is 12.1 Å². The number of nitrogens with one attached hydrogen (secondary N) is 3. The van der Waals surface area contributed by atoms with E-state index >= 15 is 0 Å². The Morgan fingerprint density at radius 3 is 2.14 bits per heavy atom. The number of rotatable bonds is 4. The molecule has 22 heavy (non-hydrogen) atoms. The number of anilines is 3. The first-order chi connectivity index (χ1) is 10.4. The summed E-state index contributed by atoms with van der Waals surface area (Å²) in [6.45, 7) is 0. The summed E-state index contributed by atoms with van der Waals surface area (Å²) in [5.41, 5.74) is 0.541. The molecule has 2 rings (SSSR count). The van der Waals surface area contributed by atoms with Crippen LogP contribution in [0.5, 0.6) is 0 Å². The molecule has 0 fully saturated rings. The fourth-order valence-corrected chi connectivity index (χ4v) is 1.97. The number of benzene rings is 2. The number of carbonyl (C=O) groups excluding carboxylic acids is 1. The Morgan fingerprint density at radius 1 is 0.909 bits per heavy atom. The molecule has 0 saturated carbocycles. The van der Waals surface area contributed by atoms with Gasteiger partial charge in [0.05, 0.1) is 5.69 Å². The fraction of sp³-hybridized carbons (Fsp3) is 0. The fourth-order valence-electron chi connectivity index (χ4n) is 1.61. The first-order valence-electron chi connectivity index (χ1n) is 5.98. The summed E-state index contributed by atoms with van der Waals surface area (Å²) < 4.78 is 49.2. The van der Waals surface area contributed by atoms with Crippen LogP contribution in [0, 0.1) is 11.6 Å². The molecule has 0 radical (unpaired) electrons. The summed E-state index contributed by atoms with van der Waals surface area (Å²) in [6, 6.07) is 7.86. The third-order valence-electron chi connectivity index (χ3n) is 2.54. The standard InChI is InChI=1S/C13H11F2N3O3S/c14-8-1-6-12(11(15)7-8)17-13(19)16-9-2-4-10(5-3-9)18-22(20)21/h1-7,22H,(H2,16,17,19)(H,18,20,21). The van der Waals surface area contributed by atoms with E-state index in [2.05, 4.69) is 15.4 Å². The van der Waals surface area contributed by atoms with Gasteiger partial charge in [0.2, 0.25) is 10.9 Å². The highest BCUT2D eigenvalue weighted by Gasteiger charge is 2.08. The average Bonchev–Trinajstić information content (AvgIpc) is 2.43. The summed E-state index contributed by atoms with van der Waals surface area (Å²) in [7, 11) is -2.76. The molecule has 0 aliphatic rings. The van der Waals surface area contributed by atoms with Gasteiger partial charge in [-0.05, 0) is 36.4 Å². The normalized spacial score (nSPS) is 10.3. The van der Waals surface area contributed by atoms with Crippen LogP contribution >= 0.6 is 0 Å².